The smallest absolute Gasteiger partial charge is 0.418 e. The molecule has 1 aromatic carbocycles. The minimum absolute atomic E-state index is 0.0334. The molecule has 1 aliphatic rings. The van der Waals surface area contributed by atoms with Gasteiger partial charge in [-0.2, -0.15) is 13.2 Å². The van der Waals surface area contributed by atoms with Gasteiger partial charge in [0, 0.05) is 52.3 Å². The van der Waals surface area contributed by atoms with Crippen LogP contribution in [0.3, 0.4) is 0 Å². The number of carbonyl (C=O) groups excluding carboxylic acids is 1. The molecule has 1 fully saturated rings. The topological polar surface area (TPSA) is 77.9 Å². The molecule has 40 heavy (non-hydrogen) atoms. The molecule has 218 valence electrons. The Morgan fingerprint density at radius 3 is 2.52 bits per heavy atom. The monoisotopic (exact) mass is 578 g/mol. The average molecular weight is 579 g/mol. The van der Waals surface area contributed by atoms with Crippen LogP contribution < -0.4 is 10.1 Å². The molecule has 8 nitrogen and oxygen atoms in total. The van der Waals surface area contributed by atoms with Gasteiger partial charge < -0.3 is 24.1 Å². The maximum absolute atomic E-state index is 14.0. The lowest BCUT2D eigenvalue weighted by molar-refractivity contribution is -0.136. The number of fused-ring (bicyclic) bond motifs is 1. The summed E-state index contributed by atoms with van der Waals surface area (Å²) < 4.78 is 60.2. The summed E-state index contributed by atoms with van der Waals surface area (Å²) in [6, 6.07) is 8.87. The van der Waals surface area contributed by atoms with Crippen LogP contribution in [0.15, 0.2) is 42.7 Å². The van der Waals surface area contributed by atoms with Crippen LogP contribution in [0, 0.1) is 0 Å². The van der Waals surface area contributed by atoms with Gasteiger partial charge in [-0.3, -0.25) is 9.69 Å². The third kappa shape index (κ3) is 8.53. The normalized spacial score (nSPS) is 14.9. The maximum Gasteiger partial charge on any atom is 0.418 e. The predicted octanol–water partition coefficient (Wildman–Crippen LogP) is 6.21. The molecule has 1 amide bonds. The number of aromatic nitrogens is 2. The van der Waals surface area contributed by atoms with Crippen LogP contribution in [0.5, 0.6) is 11.5 Å². The SMILES string of the molecule is C[Si](C)(C)CCOCn1cc(C(F)(F)F)c2c(Oc3ccc(NC(=O)CCCN4CCOCC4)cc3)ccnc21. The van der Waals surface area contributed by atoms with E-state index in [-0.39, 0.29) is 29.4 Å². The first-order chi connectivity index (χ1) is 19.0. The van der Waals surface area contributed by atoms with E-state index in [1.807, 2.05) is 0 Å². The van der Waals surface area contributed by atoms with Gasteiger partial charge in [-0.1, -0.05) is 19.6 Å². The molecule has 0 bridgehead atoms. The highest BCUT2D eigenvalue weighted by Crippen LogP contribution is 2.41. The van der Waals surface area contributed by atoms with Gasteiger partial charge in [-0.15, -0.1) is 0 Å². The van der Waals surface area contributed by atoms with Crippen LogP contribution in [-0.2, 0) is 27.2 Å². The van der Waals surface area contributed by atoms with E-state index >= 15 is 0 Å². The highest BCUT2D eigenvalue weighted by Gasteiger charge is 2.36. The summed E-state index contributed by atoms with van der Waals surface area (Å²) in [5, 5.41) is 2.73. The fraction of sp³-hybridized carbons (Fsp3) is 0.500. The third-order valence-corrected chi connectivity index (χ3v) is 8.30. The first kappa shape index (κ1) is 30.0. The van der Waals surface area contributed by atoms with Gasteiger partial charge in [-0.05, 0) is 49.3 Å². The van der Waals surface area contributed by atoms with Gasteiger partial charge in [0.15, 0.2) is 0 Å². The average Bonchev–Trinajstić information content (AvgIpc) is 3.28. The Morgan fingerprint density at radius 1 is 1.12 bits per heavy atom. The highest BCUT2D eigenvalue weighted by molar-refractivity contribution is 6.76. The van der Waals surface area contributed by atoms with Crippen LogP contribution in [0.1, 0.15) is 18.4 Å². The number of nitrogens with zero attached hydrogens (tertiary/aromatic N) is 3. The van der Waals surface area contributed by atoms with Crippen molar-refractivity contribution in [3.8, 4) is 11.5 Å². The van der Waals surface area contributed by atoms with Gasteiger partial charge in [0.25, 0.3) is 0 Å². The number of amides is 1. The second kappa shape index (κ2) is 13.2. The molecule has 1 N–H and O–H groups in total. The van der Waals surface area contributed by atoms with Crippen molar-refractivity contribution in [1.29, 1.82) is 0 Å². The van der Waals surface area contributed by atoms with E-state index in [0.29, 0.717) is 24.5 Å². The van der Waals surface area contributed by atoms with Crippen molar-refractivity contribution in [2.45, 2.75) is 51.4 Å². The molecule has 0 aliphatic carbocycles. The number of hydrogen-bond donors (Lipinski definition) is 1. The standard InChI is InChI=1S/C28H37F3N4O4Si/c1-40(2,3)18-17-38-20-35-19-23(28(29,30)31)26-24(10-11-32-27(26)35)39-22-8-6-21(7-9-22)33-25(36)5-4-12-34-13-15-37-16-14-34/h6-11,19H,4-5,12-18,20H2,1-3H3,(H,33,36). The first-order valence-electron chi connectivity index (χ1n) is 13.5. The van der Waals surface area contributed by atoms with E-state index in [4.69, 9.17) is 14.2 Å². The van der Waals surface area contributed by atoms with Crippen LogP contribution in [-0.4, -0.2) is 67.9 Å². The van der Waals surface area contributed by atoms with Gasteiger partial charge in [-0.25, -0.2) is 4.98 Å². The van der Waals surface area contributed by atoms with Crippen molar-refractivity contribution >= 4 is 30.7 Å². The summed E-state index contributed by atoms with van der Waals surface area (Å²) >= 11 is 0. The first-order valence-corrected chi connectivity index (χ1v) is 17.2. The van der Waals surface area contributed by atoms with Crippen molar-refractivity contribution in [3.63, 3.8) is 0 Å². The minimum atomic E-state index is -4.60. The molecule has 1 saturated heterocycles. The number of alkyl halides is 3. The summed E-state index contributed by atoms with van der Waals surface area (Å²) in [5.41, 5.74) is -0.111. The second-order valence-electron chi connectivity index (χ2n) is 11.1. The number of hydrogen-bond acceptors (Lipinski definition) is 6. The Kier molecular flexibility index (Phi) is 9.88. The number of ether oxygens (including phenoxy) is 3. The number of benzene rings is 1. The lowest BCUT2D eigenvalue weighted by atomic mass is 10.2. The molecule has 2 aromatic heterocycles. The number of rotatable bonds is 12. The quantitative estimate of drug-likeness (QED) is 0.203. The van der Waals surface area contributed by atoms with Crippen molar-refractivity contribution in [3.05, 3.63) is 48.3 Å². The van der Waals surface area contributed by atoms with Crippen molar-refractivity contribution in [2.24, 2.45) is 0 Å². The number of anilines is 1. The Hall–Kier alpha value is -2.93. The largest absolute Gasteiger partial charge is 0.457 e. The summed E-state index contributed by atoms with van der Waals surface area (Å²) in [5.74, 6) is 0.282. The number of pyridine rings is 1. The zero-order valence-corrected chi connectivity index (χ0v) is 24.2. The minimum Gasteiger partial charge on any atom is -0.457 e. The summed E-state index contributed by atoms with van der Waals surface area (Å²) in [7, 11) is -1.33. The molecule has 1 aliphatic heterocycles. The molecule has 0 unspecified atom stereocenters. The summed E-state index contributed by atoms with van der Waals surface area (Å²) in [4.78, 5) is 18.8. The summed E-state index contributed by atoms with van der Waals surface area (Å²) in [6.45, 7) is 11.1. The van der Waals surface area contributed by atoms with E-state index < -0.39 is 19.8 Å². The Balaban J connectivity index is 1.40. The van der Waals surface area contributed by atoms with Crippen LogP contribution >= 0.6 is 0 Å². The number of halogens is 3. The summed E-state index contributed by atoms with van der Waals surface area (Å²) in [6.07, 6.45) is -1.02. The molecular formula is C28H37F3N4O4Si. The van der Waals surface area contributed by atoms with Crippen molar-refractivity contribution < 1.29 is 32.2 Å². The van der Waals surface area contributed by atoms with Crippen molar-refractivity contribution in [2.75, 3.05) is 44.8 Å². The molecule has 0 radical (unpaired) electrons. The zero-order valence-electron chi connectivity index (χ0n) is 23.2. The lowest BCUT2D eigenvalue weighted by Gasteiger charge is -2.26. The van der Waals surface area contributed by atoms with E-state index in [1.165, 1.54) is 16.8 Å². The van der Waals surface area contributed by atoms with Gasteiger partial charge in [0.2, 0.25) is 5.91 Å². The Bertz CT molecular complexity index is 1270. The molecule has 3 heterocycles. The highest BCUT2D eigenvalue weighted by atomic mass is 28.3. The van der Waals surface area contributed by atoms with E-state index in [2.05, 4.69) is 34.8 Å². The van der Waals surface area contributed by atoms with Gasteiger partial charge in [0.05, 0.1) is 24.2 Å². The number of nitrogens with one attached hydrogen (secondary N) is 1. The molecule has 3 aromatic rings. The van der Waals surface area contributed by atoms with Crippen LogP contribution in [0.2, 0.25) is 25.7 Å². The zero-order chi connectivity index (χ0) is 28.8. The molecule has 0 spiro atoms. The molecule has 0 saturated carbocycles. The van der Waals surface area contributed by atoms with Crippen LogP contribution in [0.25, 0.3) is 11.0 Å². The van der Waals surface area contributed by atoms with E-state index in [1.54, 1.807) is 24.3 Å². The maximum atomic E-state index is 14.0. The Morgan fingerprint density at radius 2 is 1.85 bits per heavy atom. The van der Waals surface area contributed by atoms with E-state index in [9.17, 15) is 18.0 Å². The Labute approximate surface area is 233 Å². The van der Waals surface area contributed by atoms with Gasteiger partial charge >= 0.3 is 6.18 Å². The third-order valence-electron chi connectivity index (χ3n) is 6.60. The lowest BCUT2D eigenvalue weighted by Crippen LogP contribution is -2.37. The molecule has 4 rings (SSSR count). The predicted molar refractivity (Wildman–Crippen MR) is 150 cm³/mol. The van der Waals surface area contributed by atoms with Gasteiger partial charge in [0.1, 0.15) is 23.9 Å². The van der Waals surface area contributed by atoms with Crippen LogP contribution in [0.4, 0.5) is 18.9 Å². The molecular weight excluding hydrogens is 541 g/mol. The fourth-order valence-corrected chi connectivity index (χ4v) is 5.13. The molecule has 0 atom stereocenters. The number of carbonyl (C=O) groups is 1. The van der Waals surface area contributed by atoms with E-state index in [0.717, 1.165) is 51.5 Å². The number of morpholine rings is 1. The van der Waals surface area contributed by atoms with Crippen molar-refractivity contribution in [1.82, 2.24) is 14.5 Å². The molecule has 12 heteroatoms. The second-order valence-corrected chi connectivity index (χ2v) is 16.7. The fourth-order valence-electron chi connectivity index (χ4n) is 4.37.